The van der Waals surface area contributed by atoms with Crippen LogP contribution in [0.3, 0.4) is 0 Å². The number of halogens is 1. The molecule has 1 atom stereocenters. The van der Waals surface area contributed by atoms with Gasteiger partial charge in [0.05, 0.1) is 0 Å². The van der Waals surface area contributed by atoms with Crippen molar-refractivity contribution in [2.45, 2.75) is 51.1 Å². The van der Waals surface area contributed by atoms with Gasteiger partial charge in [0.2, 0.25) is 11.8 Å². The highest BCUT2D eigenvalue weighted by atomic mass is 35.5. The predicted octanol–water partition coefficient (Wildman–Crippen LogP) is 6.13. The summed E-state index contributed by atoms with van der Waals surface area (Å²) in [5.41, 5.74) is 3.07. The van der Waals surface area contributed by atoms with Crippen LogP contribution in [-0.2, 0) is 28.3 Å². The molecule has 0 bridgehead atoms. The van der Waals surface area contributed by atoms with E-state index < -0.39 is 6.04 Å². The number of carbonyl (C=O) groups excluding carboxylic acids is 2. The smallest absolute Gasteiger partial charge is 0.243 e. The molecule has 0 aliphatic rings. The minimum Gasteiger partial charge on any atom is -0.352 e. The largest absolute Gasteiger partial charge is 0.352 e. The zero-order chi connectivity index (χ0) is 25.0. The number of benzene rings is 3. The van der Waals surface area contributed by atoms with E-state index >= 15 is 0 Å². The van der Waals surface area contributed by atoms with E-state index in [0.717, 1.165) is 16.9 Å². The van der Waals surface area contributed by atoms with Crippen LogP contribution in [0.4, 0.5) is 0 Å². The SMILES string of the molecule is CC(C)NC(=O)[C@H](Cc1ccccc1)N(Cc1ccccc1Cl)C(=O)CCSCc1ccccc1. The number of thioether (sulfide) groups is 1. The van der Waals surface area contributed by atoms with Crippen LogP contribution in [-0.4, -0.2) is 34.6 Å². The van der Waals surface area contributed by atoms with Gasteiger partial charge in [-0.1, -0.05) is 90.5 Å². The molecule has 6 heteroatoms. The molecule has 0 spiro atoms. The molecule has 35 heavy (non-hydrogen) atoms. The summed E-state index contributed by atoms with van der Waals surface area (Å²) in [5.74, 6) is 1.32. The first kappa shape index (κ1) is 26.8. The van der Waals surface area contributed by atoms with E-state index in [1.165, 1.54) is 5.56 Å². The highest BCUT2D eigenvalue weighted by Gasteiger charge is 2.30. The summed E-state index contributed by atoms with van der Waals surface area (Å²) in [6, 6.07) is 26.9. The third kappa shape index (κ3) is 8.75. The second-order valence-electron chi connectivity index (χ2n) is 8.77. The number of hydrogen-bond donors (Lipinski definition) is 1. The second-order valence-corrected chi connectivity index (χ2v) is 10.3. The zero-order valence-electron chi connectivity index (χ0n) is 20.3. The van der Waals surface area contributed by atoms with E-state index in [-0.39, 0.29) is 24.4 Å². The summed E-state index contributed by atoms with van der Waals surface area (Å²) in [4.78, 5) is 28.6. The van der Waals surface area contributed by atoms with Crippen molar-refractivity contribution in [3.05, 3.63) is 107 Å². The van der Waals surface area contributed by atoms with Crippen LogP contribution in [0, 0.1) is 0 Å². The first-order chi connectivity index (χ1) is 16.9. The summed E-state index contributed by atoms with van der Waals surface area (Å²) < 4.78 is 0. The Bertz CT molecular complexity index is 1080. The van der Waals surface area contributed by atoms with Gasteiger partial charge in [-0.3, -0.25) is 9.59 Å². The Hall–Kier alpha value is -2.76. The Morgan fingerprint density at radius 1 is 0.886 bits per heavy atom. The molecule has 0 aliphatic heterocycles. The number of nitrogens with zero attached hydrogens (tertiary/aromatic N) is 1. The van der Waals surface area contributed by atoms with E-state index in [1.54, 1.807) is 16.7 Å². The molecule has 0 unspecified atom stereocenters. The summed E-state index contributed by atoms with van der Waals surface area (Å²) in [7, 11) is 0. The highest BCUT2D eigenvalue weighted by molar-refractivity contribution is 7.98. The zero-order valence-corrected chi connectivity index (χ0v) is 21.9. The fraction of sp³-hybridized carbons (Fsp3) is 0.310. The Labute approximate surface area is 218 Å². The van der Waals surface area contributed by atoms with Crippen molar-refractivity contribution < 1.29 is 9.59 Å². The molecule has 4 nitrogen and oxygen atoms in total. The lowest BCUT2D eigenvalue weighted by Gasteiger charge is -2.32. The molecule has 0 fully saturated rings. The maximum atomic E-state index is 13.6. The van der Waals surface area contributed by atoms with Crippen LogP contribution in [0.2, 0.25) is 5.02 Å². The van der Waals surface area contributed by atoms with Crippen molar-refractivity contribution in [2.75, 3.05) is 5.75 Å². The van der Waals surface area contributed by atoms with Gasteiger partial charge < -0.3 is 10.2 Å². The molecule has 184 valence electrons. The average molecular weight is 509 g/mol. The van der Waals surface area contributed by atoms with E-state index in [9.17, 15) is 9.59 Å². The van der Waals surface area contributed by atoms with Crippen molar-refractivity contribution >= 4 is 35.2 Å². The minimum atomic E-state index is -0.636. The van der Waals surface area contributed by atoms with Gasteiger partial charge in [0, 0.05) is 42.0 Å². The van der Waals surface area contributed by atoms with Gasteiger partial charge in [-0.25, -0.2) is 0 Å². The average Bonchev–Trinajstić information content (AvgIpc) is 2.85. The minimum absolute atomic E-state index is 0.0283. The lowest BCUT2D eigenvalue weighted by atomic mass is 10.0. The fourth-order valence-corrected chi connectivity index (χ4v) is 4.90. The molecular weight excluding hydrogens is 476 g/mol. The molecule has 0 saturated heterocycles. The third-order valence-corrected chi connectivity index (χ3v) is 6.97. The number of nitrogens with one attached hydrogen (secondary N) is 1. The number of hydrogen-bond acceptors (Lipinski definition) is 3. The summed E-state index contributed by atoms with van der Waals surface area (Å²) in [5, 5.41) is 3.61. The predicted molar refractivity (Wildman–Crippen MR) is 146 cm³/mol. The van der Waals surface area contributed by atoms with Crippen LogP contribution in [0.5, 0.6) is 0 Å². The van der Waals surface area contributed by atoms with Gasteiger partial charge in [0.15, 0.2) is 0 Å². The Kier molecular flexibility index (Phi) is 10.7. The molecule has 0 radical (unpaired) electrons. The number of rotatable bonds is 12. The standard InChI is InChI=1S/C29H33ClN2O2S/c1-22(2)31-29(34)27(19-23-11-5-3-6-12-23)32(20-25-15-9-10-16-26(25)30)28(33)17-18-35-21-24-13-7-4-8-14-24/h3-16,22,27H,17-21H2,1-2H3,(H,31,34)/t27-/m0/s1. The van der Waals surface area contributed by atoms with Gasteiger partial charge in [0.25, 0.3) is 0 Å². The van der Waals surface area contributed by atoms with E-state index in [4.69, 9.17) is 11.6 Å². The second kappa shape index (κ2) is 14.0. The molecule has 3 aromatic carbocycles. The molecule has 2 amide bonds. The van der Waals surface area contributed by atoms with E-state index in [1.807, 2.05) is 86.6 Å². The molecule has 3 rings (SSSR count). The lowest BCUT2D eigenvalue weighted by Crippen LogP contribution is -2.51. The summed E-state index contributed by atoms with van der Waals surface area (Å²) in [6.07, 6.45) is 0.787. The van der Waals surface area contributed by atoms with Gasteiger partial charge in [0.1, 0.15) is 6.04 Å². The lowest BCUT2D eigenvalue weighted by molar-refractivity contribution is -0.141. The monoisotopic (exact) mass is 508 g/mol. The normalized spacial score (nSPS) is 11.8. The van der Waals surface area contributed by atoms with Crippen molar-refractivity contribution in [1.82, 2.24) is 10.2 Å². The highest BCUT2D eigenvalue weighted by Crippen LogP contribution is 2.22. The Morgan fingerprint density at radius 2 is 1.49 bits per heavy atom. The summed E-state index contributed by atoms with van der Waals surface area (Å²) >= 11 is 8.18. The number of amides is 2. The van der Waals surface area contributed by atoms with Crippen molar-refractivity contribution in [3.63, 3.8) is 0 Å². The molecule has 1 N–H and O–H groups in total. The maximum Gasteiger partial charge on any atom is 0.243 e. The maximum absolute atomic E-state index is 13.6. The number of carbonyl (C=O) groups is 2. The third-order valence-electron chi connectivity index (χ3n) is 5.57. The first-order valence-corrected chi connectivity index (χ1v) is 13.5. The molecule has 0 aromatic heterocycles. The molecule has 0 heterocycles. The van der Waals surface area contributed by atoms with E-state index in [0.29, 0.717) is 23.6 Å². The van der Waals surface area contributed by atoms with E-state index in [2.05, 4.69) is 17.4 Å². The Morgan fingerprint density at radius 3 is 2.11 bits per heavy atom. The molecule has 0 saturated carbocycles. The van der Waals surface area contributed by atoms with Crippen LogP contribution in [0.1, 0.15) is 37.0 Å². The molecular formula is C29H33ClN2O2S. The van der Waals surface area contributed by atoms with Crippen LogP contribution in [0.15, 0.2) is 84.9 Å². The van der Waals surface area contributed by atoms with Crippen LogP contribution >= 0.6 is 23.4 Å². The van der Waals surface area contributed by atoms with Gasteiger partial charge in [-0.15, -0.1) is 0 Å². The van der Waals surface area contributed by atoms with Crippen molar-refractivity contribution in [2.24, 2.45) is 0 Å². The quantitative estimate of drug-likeness (QED) is 0.299. The Balaban J connectivity index is 1.80. The van der Waals surface area contributed by atoms with Crippen molar-refractivity contribution in [3.8, 4) is 0 Å². The van der Waals surface area contributed by atoms with Gasteiger partial charge >= 0.3 is 0 Å². The van der Waals surface area contributed by atoms with Crippen LogP contribution in [0.25, 0.3) is 0 Å². The fourth-order valence-electron chi connectivity index (χ4n) is 3.81. The van der Waals surface area contributed by atoms with Gasteiger partial charge in [-0.2, -0.15) is 11.8 Å². The molecule has 0 aliphatic carbocycles. The van der Waals surface area contributed by atoms with Gasteiger partial charge in [-0.05, 0) is 36.6 Å². The molecule has 3 aromatic rings. The summed E-state index contributed by atoms with van der Waals surface area (Å²) in [6.45, 7) is 4.14. The first-order valence-electron chi connectivity index (χ1n) is 11.9. The van der Waals surface area contributed by atoms with Crippen LogP contribution < -0.4 is 5.32 Å². The topological polar surface area (TPSA) is 49.4 Å². The van der Waals surface area contributed by atoms with Crippen molar-refractivity contribution in [1.29, 1.82) is 0 Å².